The lowest BCUT2D eigenvalue weighted by atomic mass is 10.0. The van der Waals surface area contributed by atoms with Crippen LogP contribution in [0.1, 0.15) is 31.7 Å². The van der Waals surface area contributed by atoms with Crippen LogP contribution >= 0.6 is 0 Å². The molecule has 0 spiro atoms. The number of likely N-dealkylation sites (tertiary alicyclic amines) is 1. The Morgan fingerprint density at radius 3 is 2.41 bits per heavy atom. The van der Waals surface area contributed by atoms with E-state index < -0.39 is 6.10 Å². The minimum Gasteiger partial charge on any atom is -0.457 e. The Morgan fingerprint density at radius 1 is 1.10 bits per heavy atom. The number of piperidine rings is 1. The Kier molecular flexibility index (Phi) is 7.90. The molecule has 1 fully saturated rings. The van der Waals surface area contributed by atoms with Gasteiger partial charge in [-0.15, -0.1) is 0 Å². The van der Waals surface area contributed by atoms with Crippen LogP contribution in [0, 0.1) is 0 Å². The second-order valence-electron chi connectivity index (χ2n) is 7.53. The summed E-state index contributed by atoms with van der Waals surface area (Å²) in [6, 6.07) is 18.0. The molecule has 2 aromatic rings. The van der Waals surface area contributed by atoms with Gasteiger partial charge < -0.3 is 20.5 Å². The fourth-order valence-corrected chi connectivity index (χ4v) is 3.37. The van der Waals surface area contributed by atoms with Gasteiger partial charge in [0.25, 0.3) is 0 Å². The Morgan fingerprint density at radius 2 is 1.76 bits per heavy atom. The van der Waals surface area contributed by atoms with Crippen LogP contribution < -0.4 is 15.4 Å². The number of aliphatic hydroxyl groups is 1. The summed E-state index contributed by atoms with van der Waals surface area (Å²) in [6.45, 7) is 4.98. The van der Waals surface area contributed by atoms with Crippen molar-refractivity contribution in [1.29, 1.82) is 0 Å². The molecule has 1 saturated heterocycles. The van der Waals surface area contributed by atoms with E-state index in [-0.39, 0.29) is 12.1 Å². The van der Waals surface area contributed by atoms with Gasteiger partial charge in [0.1, 0.15) is 11.5 Å². The summed E-state index contributed by atoms with van der Waals surface area (Å²) in [4.78, 5) is 14.3. The van der Waals surface area contributed by atoms with E-state index in [2.05, 4.69) is 27.7 Å². The van der Waals surface area contributed by atoms with Crippen molar-refractivity contribution in [3.05, 3.63) is 60.2 Å². The number of rotatable bonds is 8. The highest BCUT2D eigenvalue weighted by Crippen LogP contribution is 2.22. The number of amides is 2. The second-order valence-corrected chi connectivity index (χ2v) is 7.53. The van der Waals surface area contributed by atoms with E-state index in [9.17, 15) is 9.90 Å². The number of carbonyl (C=O) groups excluding carboxylic acids is 1. The van der Waals surface area contributed by atoms with Gasteiger partial charge in [0.15, 0.2) is 0 Å². The van der Waals surface area contributed by atoms with E-state index in [1.807, 2.05) is 49.4 Å². The Labute approximate surface area is 172 Å². The first kappa shape index (κ1) is 21.1. The van der Waals surface area contributed by atoms with Crippen LogP contribution in [0.15, 0.2) is 54.6 Å². The van der Waals surface area contributed by atoms with Crippen molar-refractivity contribution in [1.82, 2.24) is 15.5 Å². The van der Waals surface area contributed by atoms with Crippen molar-refractivity contribution >= 4 is 6.03 Å². The smallest absolute Gasteiger partial charge is 0.315 e. The zero-order valence-corrected chi connectivity index (χ0v) is 17.0. The summed E-state index contributed by atoms with van der Waals surface area (Å²) in [5.41, 5.74) is 1.25. The third kappa shape index (κ3) is 7.07. The quantitative estimate of drug-likeness (QED) is 0.637. The van der Waals surface area contributed by atoms with E-state index in [1.165, 1.54) is 5.56 Å². The number of urea groups is 1. The maximum Gasteiger partial charge on any atom is 0.315 e. The van der Waals surface area contributed by atoms with Gasteiger partial charge in [0.05, 0.1) is 6.10 Å². The number of nitrogens with one attached hydrogen (secondary N) is 2. The average molecular weight is 398 g/mol. The van der Waals surface area contributed by atoms with Gasteiger partial charge in [0, 0.05) is 32.2 Å². The highest BCUT2D eigenvalue weighted by atomic mass is 16.5. The molecular formula is C23H31N3O3. The van der Waals surface area contributed by atoms with Crippen molar-refractivity contribution < 1.29 is 14.6 Å². The first-order valence-electron chi connectivity index (χ1n) is 10.4. The molecule has 3 N–H and O–H groups in total. The summed E-state index contributed by atoms with van der Waals surface area (Å²) in [6.07, 6.45) is 2.02. The van der Waals surface area contributed by atoms with Gasteiger partial charge in [0.2, 0.25) is 0 Å². The van der Waals surface area contributed by atoms with Crippen LogP contribution in [0.25, 0.3) is 0 Å². The number of benzene rings is 2. The lowest BCUT2D eigenvalue weighted by Crippen LogP contribution is -2.48. The fourth-order valence-electron chi connectivity index (χ4n) is 3.37. The maximum atomic E-state index is 11.9. The molecule has 1 aliphatic rings. The molecule has 0 aliphatic carbocycles. The minimum atomic E-state index is -0.480. The van der Waals surface area contributed by atoms with E-state index >= 15 is 0 Å². The van der Waals surface area contributed by atoms with Gasteiger partial charge in [-0.2, -0.15) is 0 Å². The Hall–Kier alpha value is -2.57. The zero-order chi connectivity index (χ0) is 20.5. The topological polar surface area (TPSA) is 73.8 Å². The van der Waals surface area contributed by atoms with Crippen molar-refractivity contribution in [2.75, 3.05) is 19.6 Å². The second kappa shape index (κ2) is 10.8. The molecule has 0 saturated carbocycles. The first-order chi connectivity index (χ1) is 14.1. The zero-order valence-electron chi connectivity index (χ0n) is 17.0. The predicted molar refractivity (Wildman–Crippen MR) is 114 cm³/mol. The summed E-state index contributed by atoms with van der Waals surface area (Å²) in [5, 5.41) is 15.3. The van der Waals surface area contributed by atoms with Crippen LogP contribution in [0.3, 0.4) is 0 Å². The first-order valence-corrected chi connectivity index (χ1v) is 10.4. The summed E-state index contributed by atoms with van der Waals surface area (Å²) < 4.78 is 5.84. The van der Waals surface area contributed by atoms with Crippen LogP contribution in [0.2, 0.25) is 0 Å². The van der Waals surface area contributed by atoms with E-state index in [0.717, 1.165) is 44.0 Å². The van der Waals surface area contributed by atoms with Crippen molar-refractivity contribution in [2.45, 2.75) is 44.9 Å². The molecule has 1 unspecified atom stereocenters. The predicted octanol–water partition coefficient (Wildman–Crippen LogP) is 3.51. The lowest BCUT2D eigenvalue weighted by Gasteiger charge is -2.32. The number of para-hydroxylation sites is 1. The molecular weight excluding hydrogens is 366 g/mol. The number of hydrogen-bond acceptors (Lipinski definition) is 4. The summed E-state index contributed by atoms with van der Waals surface area (Å²) in [5.74, 6) is 1.67. The van der Waals surface area contributed by atoms with Gasteiger partial charge in [-0.05, 0) is 49.1 Å². The van der Waals surface area contributed by atoms with E-state index in [1.54, 1.807) is 0 Å². The Bertz CT molecular complexity index is 744. The number of ether oxygens (including phenoxy) is 1. The Balaban J connectivity index is 1.38. The van der Waals surface area contributed by atoms with Crippen molar-refractivity contribution in [3.8, 4) is 11.5 Å². The molecule has 1 heterocycles. The van der Waals surface area contributed by atoms with Crippen LogP contribution in [-0.4, -0.2) is 47.8 Å². The molecule has 0 bridgehead atoms. The van der Waals surface area contributed by atoms with Gasteiger partial charge >= 0.3 is 6.03 Å². The highest BCUT2D eigenvalue weighted by Gasteiger charge is 2.20. The van der Waals surface area contributed by atoms with Gasteiger partial charge in [-0.1, -0.05) is 37.3 Å². The van der Waals surface area contributed by atoms with E-state index in [4.69, 9.17) is 4.74 Å². The molecule has 6 heteroatoms. The van der Waals surface area contributed by atoms with Gasteiger partial charge in [-0.25, -0.2) is 4.79 Å². The molecule has 2 aromatic carbocycles. The maximum absolute atomic E-state index is 11.9. The molecule has 29 heavy (non-hydrogen) atoms. The number of nitrogens with zero attached hydrogens (tertiary/aromatic N) is 1. The van der Waals surface area contributed by atoms with Gasteiger partial charge in [-0.3, -0.25) is 4.90 Å². The number of hydrogen-bond donors (Lipinski definition) is 3. The largest absolute Gasteiger partial charge is 0.457 e. The third-order valence-corrected chi connectivity index (χ3v) is 5.20. The molecule has 6 nitrogen and oxygen atoms in total. The lowest BCUT2D eigenvalue weighted by molar-refractivity contribution is 0.162. The monoisotopic (exact) mass is 397 g/mol. The molecule has 1 aliphatic heterocycles. The number of carbonyl (C=O) groups is 1. The van der Waals surface area contributed by atoms with Crippen LogP contribution in [0.5, 0.6) is 11.5 Å². The van der Waals surface area contributed by atoms with Crippen molar-refractivity contribution in [2.24, 2.45) is 0 Å². The van der Waals surface area contributed by atoms with E-state index in [0.29, 0.717) is 13.0 Å². The molecule has 156 valence electrons. The number of aliphatic hydroxyl groups excluding tert-OH is 1. The molecule has 3 rings (SSSR count). The summed E-state index contributed by atoms with van der Waals surface area (Å²) in [7, 11) is 0. The molecule has 1 atom stereocenters. The molecule has 0 aromatic heterocycles. The highest BCUT2D eigenvalue weighted by molar-refractivity contribution is 5.74. The van der Waals surface area contributed by atoms with Crippen LogP contribution in [0.4, 0.5) is 4.79 Å². The third-order valence-electron chi connectivity index (χ3n) is 5.20. The SMILES string of the molecule is CCC(O)CNC(=O)NC1CCN(Cc2ccc(Oc3ccccc3)cc2)CC1. The normalized spacial score (nSPS) is 16.2. The standard InChI is InChI=1S/C23H31N3O3/c1-2-20(27)16-24-23(28)25-19-12-14-26(15-13-19)17-18-8-10-22(11-9-18)29-21-6-4-3-5-7-21/h3-11,19-20,27H,2,12-17H2,1H3,(H2,24,25,28). The minimum absolute atomic E-state index is 0.187. The average Bonchev–Trinajstić information content (AvgIpc) is 2.75. The fraction of sp³-hybridized carbons (Fsp3) is 0.435. The van der Waals surface area contributed by atoms with Crippen LogP contribution in [-0.2, 0) is 6.54 Å². The molecule has 0 radical (unpaired) electrons. The summed E-state index contributed by atoms with van der Waals surface area (Å²) >= 11 is 0. The van der Waals surface area contributed by atoms with Crippen molar-refractivity contribution in [3.63, 3.8) is 0 Å². The molecule has 2 amide bonds.